The van der Waals surface area contributed by atoms with E-state index in [0.29, 0.717) is 18.0 Å². The van der Waals surface area contributed by atoms with Crippen molar-refractivity contribution in [1.29, 1.82) is 0 Å². The number of carbonyl (C=O) groups excluding carboxylic acids is 2. The summed E-state index contributed by atoms with van der Waals surface area (Å²) in [7, 11) is 0. The molecule has 118 valence electrons. The number of nitrogens with one attached hydrogen (secondary N) is 2. The molecule has 0 aromatic heterocycles. The van der Waals surface area contributed by atoms with E-state index in [9.17, 15) is 9.59 Å². The van der Waals surface area contributed by atoms with Crippen molar-refractivity contribution < 1.29 is 19.1 Å². The summed E-state index contributed by atoms with van der Waals surface area (Å²) in [5, 5.41) is 5.35. The lowest BCUT2D eigenvalue weighted by molar-refractivity contribution is -0.126. The van der Waals surface area contributed by atoms with E-state index in [0.717, 1.165) is 12.0 Å². The molecule has 2 amide bonds. The average molecular weight is 304 g/mol. The molecule has 6 heteroatoms. The zero-order valence-corrected chi connectivity index (χ0v) is 12.7. The minimum Gasteiger partial charge on any atom is -0.454 e. The first-order valence-electron chi connectivity index (χ1n) is 7.26. The Labute approximate surface area is 129 Å². The van der Waals surface area contributed by atoms with E-state index in [-0.39, 0.29) is 18.6 Å². The maximum absolute atomic E-state index is 11.8. The molecule has 0 bridgehead atoms. The van der Waals surface area contributed by atoms with Gasteiger partial charge in [0.15, 0.2) is 11.5 Å². The highest BCUT2D eigenvalue weighted by molar-refractivity contribution is 5.95. The molecule has 0 saturated heterocycles. The zero-order chi connectivity index (χ0) is 15.9. The average Bonchev–Trinajstić information content (AvgIpc) is 2.98. The summed E-state index contributed by atoms with van der Waals surface area (Å²) < 4.78 is 10.5. The molecule has 1 aliphatic heterocycles. The number of carbonyl (C=O) groups is 2. The monoisotopic (exact) mass is 304 g/mol. The molecular weight excluding hydrogens is 284 g/mol. The van der Waals surface area contributed by atoms with E-state index < -0.39 is 6.04 Å². The van der Waals surface area contributed by atoms with Gasteiger partial charge >= 0.3 is 0 Å². The minimum absolute atomic E-state index is 0.188. The summed E-state index contributed by atoms with van der Waals surface area (Å²) in [6.07, 6.45) is 3.91. The van der Waals surface area contributed by atoms with Crippen LogP contribution in [-0.4, -0.2) is 31.2 Å². The second-order valence-corrected chi connectivity index (χ2v) is 4.97. The minimum atomic E-state index is -0.569. The van der Waals surface area contributed by atoms with Crippen LogP contribution in [0, 0.1) is 0 Å². The molecule has 1 aromatic carbocycles. The SMILES string of the molecule is CCCNC(=O)[C@H](C)NC(=O)/C=C/c1ccc2c(c1)OCO2. The van der Waals surface area contributed by atoms with Gasteiger partial charge in [-0.05, 0) is 37.1 Å². The molecule has 0 saturated carbocycles. The molecule has 1 atom stereocenters. The molecule has 0 radical (unpaired) electrons. The lowest BCUT2D eigenvalue weighted by Crippen LogP contribution is -2.44. The van der Waals surface area contributed by atoms with Crippen LogP contribution in [0.4, 0.5) is 0 Å². The summed E-state index contributed by atoms with van der Waals surface area (Å²) in [6.45, 7) is 4.44. The van der Waals surface area contributed by atoms with Crippen molar-refractivity contribution in [2.45, 2.75) is 26.3 Å². The fourth-order valence-electron chi connectivity index (χ4n) is 1.92. The largest absolute Gasteiger partial charge is 0.454 e. The molecule has 0 fully saturated rings. The molecule has 2 rings (SSSR count). The number of rotatable bonds is 6. The van der Waals surface area contributed by atoms with E-state index in [1.165, 1.54) is 6.08 Å². The van der Waals surface area contributed by atoms with Crippen molar-refractivity contribution in [3.8, 4) is 11.5 Å². The molecule has 6 nitrogen and oxygen atoms in total. The molecule has 1 heterocycles. The van der Waals surface area contributed by atoms with Gasteiger partial charge in [-0.2, -0.15) is 0 Å². The van der Waals surface area contributed by atoms with Crippen molar-refractivity contribution in [3.63, 3.8) is 0 Å². The highest BCUT2D eigenvalue weighted by atomic mass is 16.7. The maximum atomic E-state index is 11.8. The number of hydrogen-bond acceptors (Lipinski definition) is 4. The third-order valence-corrected chi connectivity index (χ3v) is 3.13. The van der Waals surface area contributed by atoms with E-state index in [4.69, 9.17) is 9.47 Å². The molecule has 1 aliphatic rings. The Hall–Kier alpha value is -2.50. The Morgan fingerprint density at radius 2 is 2.09 bits per heavy atom. The van der Waals surface area contributed by atoms with Crippen LogP contribution < -0.4 is 20.1 Å². The first-order chi connectivity index (χ1) is 10.6. The molecule has 1 aromatic rings. The van der Waals surface area contributed by atoms with Gasteiger partial charge in [0.05, 0.1) is 0 Å². The Bertz CT molecular complexity index is 584. The summed E-state index contributed by atoms with van der Waals surface area (Å²) in [6, 6.07) is 4.85. The summed E-state index contributed by atoms with van der Waals surface area (Å²) in [5.74, 6) is 0.848. The molecule has 0 aliphatic carbocycles. The van der Waals surface area contributed by atoms with E-state index in [1.54, 1.807) is 25.1 Å². The van der Waals surface area contributed by atoms with Crippen LogP contribution in [0.1, 0.15) is 25.8 Å². The first-order valence-corrected chi connectivity index (χ1v) is 7.26. The number of fused-ring (bicyclic) bond motifs is 1. The first kappa shape index (κ1) is 15.9. The molecular formula is C16H20N2O4. The number of amides is 2. The molecule has 22 heavy (non-hydrogen) atoms. The smallest absolute Gasteiger partial charge is 0.244 e. The van der Waals surface area contributed by atoms with Gasteiger partial charge in [-0.3, -0.25) is 9.59 Å². The number of ether oxygens (including phenoxy) is 2. The van der Waals surface area contributed by atoms with Crippen molar-refractivity contribution in [2.75, 3.05) is 13.3 Å². The van der Waals surface area contributed by atoms with Crippen LogP contribution >= 0.6 is 0 Å². The van der Waals surface area contributed by atoms with E-state index >= 15 is 0 Å². The maximum Gasteiger partial charge on any atom is 0.244 e. The van der Waals surface area contributed by atoms with Crippen molar-refractivity contribution in [3.05, 3.63) is 29.8 Å². The van der Waals surface area contributed by atoms with Crippen LogP contribution in [0.25, 0.3) is 6.08 Å². The molecule has 2 N–H and O–H groups in total. The fourth-order valence-corrected chi connectivity index (χ4v) is 1.92. The third-order valence-electron chi connectivity index (χ3n) is 3.13. The Morgan fingerprint density at radius 3 is 2.86 bits per heavy atom. The lowest BCUT2D eigenvalue weighted by Gasteiger charge is -2.12. The highest BCUT2D eigenvalue weighted by Crippen LogP contribution is 2.32. The van der Waals surface area contributed by atoms with Gasteiger partial charge in [0.25, 0.3) is 0 Å². The van der Waals surface area contributed by atoms with E-state index in [2.05, 4.69) is 10.6 Å². The van der Waals surface area contributed by atoms with Crippen LogP contribution in [0.15, 0.2) is 24.3 Å². The fraction of sp³-hybridized carbons (Fsp3) is 0.375. The Kier molecular flexibility index (Phi) is 5.41. The second kappa shape index (κ2) is 7.49. The molecule has 0 unspecified atom stereocenters. The topological polar surface area (TPSA) is 76.7 Å². The lowest BCUT2D eigenvalue weighted by atomic mass is 10.2. The second-order valence-electron chi connectivity index (χ2n) is 4.97. The van der Waals surface area contributed by atoms with E-state index in [1.807, 2.05) is 13.0 Å². The number of hydrogen-bond donors (Lipinski definition) is 2. The van der Waals surface area contributed by atoms with Crippen molar-refractivity contribution >= 4 is 17.9 Å². The van der Waals surface area contributed by atoms with Crippen LogP contribution in [0.3, 0.4) is 0 Å². The summed E-state index contributed by atoms with van der Waals surface area (Å²) in [5.41, 5.74) is 0.822. The van der Waals surface area contributed by atoms with Gasteiger partial charge < -0.3 is 20.1 Å². The van der Waals surface area contributed by atoms with Crippen molar-refractivity contribution in [1.82, 2.24) is 10.6 Å². The van der Waals surface area contributed by atoms with Gasteiger partial charge in [-0.25, -0.2) is 0 Å². The van der Waals surface area contributed by atoms with Gasteiger partial charge in [-0.15, -0.1) is 0 Å². The predicted molar refractivity (Wildman–Crippen MR) is 82.5 cm³/mol. The predicted octanol–water partition coefficient (Wildman–Crippen LogP) is 1.46. The van der Waals surface area contributed by atoms with Crippen LogP contribution in [-0.2, 0) is 9.59 Å². The van der Waals surface area contributed by atoms with Crippen LogP contribution in [0.5, 0.6) is 11.5 Å². The Morgan fingerprint density at radius 1 is 1.32 bits per heavy atom. The standard InChI is InChI=1S/C16H20N2O4/c1-3-8-17-16(20)11(2)18-15(19)7-5-12-4-6-13-14(9-12)22-10-21-13/h4-7,9,11H,3,8,10H2,1-2H3,(H,17,20)(H,18,19)/b7-5+/t11-/m0/s1. The van der Waals surface area contributed by atoms with Gasteiger partial charge in [0.1, 0.15) is 6.04 Å². The van der Waals surface area contributed by atoms with Crippen LogP contribution in [0.2, 0.25) is 0 Å². The van der Waals surface area contributed by atoms with Gasteiger partial charge in [0.2, 0.25) is 18.6 Å². The number of benzene rings is 1. The highest BCUT2D eigenvalue weighted by Gasteiger charge is 2.14. The van der Waals surface area contributed by atoms with Gasteiger partial charge in [0, 0.05) is 12.6 Å². The normalized spacial score (nSPS) is 13.9. The Balaban J connectivity index is 1.87. The van der Waals surface area contributed by atoms with Crippen molar-refractivity contribution in [2.24, 2.45) is 0 Å². The zero-order valence-electron chi connectivity index (χ0n) is 12.7. The summed E-state index contributed by atoms with van der Waals surface area (Å²) >= 11 is 0. The summed E-state index contributed by atoms with van der Waals surface area (Å²) in [4.78, 5) is 23.5. The molecule has 0 spiro atoms. The quantitative estimate of drug-likeness (QED) is 0.780. The van der Waals surface area contributed by atoms with Gasteiger partial charge in [-0.1, -0.05) is 13.0 Å². The third kappa shape index (κ3) is 4.25.